The van der Waals surface area contributed by atoms with Crippen molar-refractivity contribution >= 4 is 5.91 Å². The van der Waals surface area contributed by atoms with Crippen LogP contribution in [0.15, 0.2) is 0 Å². The van der Waals surface area contributed by atoms with Crippen molar-refractivity contribution in [3.63, 3.8) is 0 Å². The molecular formula is C11H21NO5. The molecule has 0 aromatic rings. The molecule has 0 aromatic heterocycles. The number of hydrogen-bond acceptors (Lipinski definition) is 5. The lowest BCUT2D eigenvalue weighted by atomic mass is 9.90. The first-order chi connectivity index (χ1) is 8.01. The summed E-state index contributed by atoms with van der Waals surface area (Å²) in [5, 5.41) is 31.3. The fourth-order valence-electron chi connectivity index (χ4n) is 2.14. The molecule has 1 aliphatic heterocycles. The molecule has 0 aliphatic carbocycles. The van der Waals surface area contributed by atoms with Crippen molar-refractivity contribution < 1.29 is 24.9 Å². The van der Waals surface area contributed by atoms with Crippen LogP contribution in [0.25, 0.3) is 0 Å². The Morgan fingerprint density at radius 1 is 1.29 bits per heavy atom. The largest absolute Gasteiger partial charge is 0.394 e. The van der Waals surface area contributed by atoms with Gasteiger partial charge in [0.1, 0.15) is 18.3 Å². The van der Waals surface area contributed by atoms with E-state index in [0.29, 0.717) is 6.42 Å². The second kappa shape index (κ2) is 6.30. The predicted molar refractivity (Wildman–Crippen MR) is 60.3 cm³/mol. The highest BCUT2D eigenvalue weighted by molar-refractivity contribution is 5.73. The van der Waals surface area contributed by atoms with Crippen LogP contribution < -0.4 is 5.32 Å². The quantitative estimate of drug-likeness (QED) is 0.499. The number of aliphatic hydroxyl groups excluding tert-OH is 3. The topological polar surface area (TPSA) is 99.0 Å². The van der Waals surface area contributed by atoms with E-state index >= 15 is 0 Å². The Kier molecular flexibility index (Phi) is 5.32. The van der Waals surface area contributed by atoms with Crippen LogP contribution in [0.4, 0.5) is 0 Å². The molecule has 1 aliphatic rings. The zero-order chi connectivity index (χ0) is 13.0. The van der Waals surface area contributed by atoms with Crippen molar-refractivity contribution in [2.24, 2.45) is 0 Å². The third-order valence-corrected chi connectivity index (χ3v) is 2.97. The highest BCUT2D eigenvalue weighted by Crippen LogP contribution is 2.24. The van der Waals surface area contributed by atoms with Crippen molar-refractivity contribution in [2.45, 2.75) is 57.1 Å². The summed E-state index contributed by atoms with van der Waals surface area (Å²) in [6, 6.07) is -0.634. The first-order valence-corrected chi connectivity index (χ1v) is 5.90. The van der Waals surface area contributed by atoms with Crippen molar-refractivity contribution in [1.29, 1.82) is 0 Å². The van der Waals surface area contributed by atoms with Crippen molar-refractivity contribution in [3.8, 4) is 0 Å². The standard InChI is InChI=1S/C11H21NO5/c1-3-4-7-9(12-6(2)14)11(16)10(15)8(5-13)17-7/h7-11,13,15-16H,3-5H2,1-2H3,(H,12,14)/t7-,8-,9+,10+,11-/m1/s1. The number of hydrogen-bond donors (Lipinski definition) is 4. The second-order valence-corrected chi connectivity index (χ2v) is 4.39. The number of rotatable bonds is 4. The maximum atomic E-state index is 11.1. The molecule has 1 rings (SSSR count). The SMILES string of the molecule is CCC[C@H]1O[C@H](CO)[C@H](O)[C@H](O)[C@H]1NC(C)=O. The predicted octanol–water partition coefficient (Wildman–Crippen LogP) is -1.23. The molecule has 1 saturated heterocycles. The number of ether oxygens (including phenoxy) is 1. The van der Waals surface area contributed by atoms with E-state index in [1.165, 1.54) is 6.92 Å². The zero-order valence-corrected chi connectivity index (χ0v) is 10.2. The first kappa shape index (κ1) is 14.4. The molecule has 100 valence electrons. The number of carbonyl (C=O) groups excluding carboxylic acids is 1. The Morgan fingerprint density at radius 2 is 1.94 bits per heavy atom. The third-order valence-electron chi connectivity index (χ3n) is 2.97. The average molecular weight is 247 g/mol. The van der Waals surface area contributed by atoms with E-state index in [1.54, 1.807) is 0 Å². The third kappa shape index (κ3) is 3.38. The lowest BCUT2D eigenvalue weighted by Crippen LogP contribution is -2.63. The van der Waals surface area contributed by atoms with E-state index in [4.69, 9.17) is 9.84 Å². The van der Waals surface area contributed by atoms with Gasteiger partial charge in [0.25, 0.3) is 0 Å². The van der Waals surface area contributed by atoms with Gasteiger partial charge >= 0.3 is 0 Å². The van der Waals surface area contributed by atoms with Gasteiger partial charge in [-0.05, 0) is 6.42 Å². The van der Waals surface area contributed by atoms with Crippen LogP contribution in [0.1, 0.15) is 26.7 Å². The molecule has 0 unspecified atom stereocenters. The number of nitrogens with one attached hydrogen (secondary N) is 1. The zero-order valence-electron chi connectivity index (χ0n) is 10.2. The highest BCUT2D eigenvalue weighted by atomic mass is 16.5. The number of amides is 1. The molecule has 0 bridgehead atoms. The van der Waals surface area contributed by atoms with Gasteiger partial charge in [0, 0.05) is 6.92 Å². The van der Waals surface area contributed by atoms with Crippen molar-refractivity contribution in [3.05, 3.63) is 0 Å². The van der Waals surface area contributed by atoms with Gasteiger partial charge in [-0.3, -0.25) is 4.79 Å². The average Bonchev–Trinajstić information content (AvgIpc) is 2.28. The summed E-state index contributed by atoms with van der Waals surface area (Å²) < 4.78 is 5.50. The summed E-state index contributed by atoms with van der Waals surface area (Å²) in [5.74, 6) is -0.284. The number of aliphatic hydroxyl groups is 3. The Labute approximate surface area is 101 Å². The maximum Gasteiger partial charge on any atom is 0.217 e. The van der Waals surface area contributed by atoms with Crippen molar-refractivity contribution in [1.82, 2.24) is 5.32 Å². The summed E-state index contributed by atoms with van der Waals surface area (Å²) in [6.07, 6.45) is -2.04. The van der Waals surface area contributed by atoms with E-state index in [-0.39, 0.29) is 18.6 Å². The summed E-state index contributed by atoms with van der Waals surface area (Å²) in [4.78, 5) is 11.1. The Hall–Kier alpha value is -0.690. The van der Waals surface area contributed by atoms with Gasteiger partial charge in [0.2, 0.25) is 5.91 Å². The summed E-state index contributed by atoms with van der Waals surface area (Å²) >= 11 is 0. The fourth-order valence-corrected chi connectivity index (χ4v) is 2.14. The van der Waals surface area contributed by atoms with Crippen LogP contribution in [-0.2, 0) is 9.53 Å². The Bertz CT molecular complexity index is 260. The van der Waals surface area contributed by atoms with Gasteiger partial charge in [0.05, 0.1) is 18.8 Å². The van der Waals surface area contributed by atoms with E-state index in [2.05, 4.69) is 5.32 Å². The normalized spacial score (nSPS) is 37.8. The molecule has 1 amide bonds. The monoisotopic (exact) mass is 247 g/mol. The minimum absolute atomic E-state index is 0.284. The van der Waals surface area contributed by atoms with E-state index < -0.39 is 24.4 Å². The molecule has 4 N–H and O–H groups in total. The van der Waals surface area contributed by atoms with E-state index in [9.17, 15) is 15.0 Å². The van der Waals surface area contributed by atoms with Gasteiger partial charge < -0.3 is 25.4 Å². The molecule has 1 fully saturated rings. The molecule has 0 spiro atoms. The van der Waals surface area contributed by atoms with Gasteiger partial charge in [-0.1, -0.05) is 13.3 Å². The van der Waals surface area contributed by atoms with E-state index in [0.717, 1.165) is 6.42 Å². The minimum Gasteiger partial charge on any atom is -0.394 e. The van der Waals surface area contributed by atoms with Crippen LogP contribution in [0.3, 0.4) is 0 Å². The molecule has 5 atom stereocenters. The van der Waals surface area contributed by atoms with E-state index in [1.807, 2.05) is 6.92 Å². The lowest BCUT2D eigenvalue weighted by molar-refractivity contribution is -0.196. The van der Waals surface area contributed by atoms with Crippen LogP contribution in [0, 0.1) is 0 Å². The van der Waals surface area contributed by atoms with Crippen LogP contribution >= 0.6 is 0 Å². The minimum atomic E-state index is -1.19. The molecule has 6 nitrogen and oxygen atoms in total. The molecule has 0 saturated carbocycles. The highest BCUT2D eigenvalue weighted by Gasteiger charge is 2.43. The Balaban J connectivity index is 2.78. The van der Waals surface area contributed by atoms with Gasteiger partial charge in [-0.15, -0.1) is 0 Å². The smallest absolute Gasteiger partial charge is 0.217 e. The molecular weight excluding hydrogens is 226 g/mol. The summed E-state index contributed by atoms with van der Waals surface area (Å²) in [7, 11) is 0. The lowest BCUT2D eigenvalue weighted by Gasteiger charge is -2.42. The van der Waals surface area contributed by atoms with Crippen molar-refractivity contribution in [2.75, 3.05) is 6.61 Å². The molecule has 17 heavy (non-hydrogen) atoms. The maximum absolute atomic E-state index is 11.1. The van der Waals surface area contributed by atoms with Crippen LogP contribution in [-0.4, -0.2) is 58.3 Å². The van der Waals surface area contributed by atoms with Gasteiger partial charge in [-0.2, -0.15) is 0 Å². The number of carbonyl (C=O) groups is 1. The van der Waals surface area contributed by atoms with Crippen LogP contribution in [0.5, 0.6) is 0 Å². The molecule has 1 heterocycles. The summed E-state index contributed by atoms with van der Waals surface area (Å²) in [5.41, 5.74) is 0. The van der Waals surface area contributed by atoms with Crippen LogP contribution in [0.2, 0.25) is 0 Å². The molecule has 6 heteroatoms. The molecule has 0 radical (unpaired) electrons. The fraction of sp³-hybridized carbons (Fsp3) is 0.909. The second-order valence-electron chi connectivity index (χ2n) is 4.39. The first-order valence-electron chi connectivity index (χ1n) is 5.90. The summed E-state index contributed by atoms with van der Waals surface area (Å²) in [6.45, 7) is 2.95. The van der Waals surface area contributed by atoms with Gasteiger partial charge in [0.15, 0.2) is 0 Å². The molecule has 0 aromatic carbocycles. The Morgan fingerprint density at radius 3 is 2.41 bits per heavy atom. The van der Waals surface area contributed by atoms with Gasteiger partial charge in [-0.25, -0.2) is 0 Å².